The zero-order valence-electron chi connectivity index (χ0n) is 11.6. The molecule has 2 rings (SSSR count). The summed E-state index contributed by atoms with van der Waals surface area (Å²) >= 11 is 0. The number of hydrogen-bond acceptors (Lipinski definition) is 3. The van der Waals surface area contributed by atoms with E-state index >= 15 is 0 Å². The zero-order valence-corrected chi connectivity index (χ0v) is 12.4. The monoisotopic (exact) mass is 300 g/mol. The molecule has 112 valence electrons. The summed E-state index contributed by atoms with van der Waals surface area (Å²) in [4.78, 5) is -0.0433. The van der Waals surface area contributed by atoms with Crippen molar-refractivity contribution in [1.29, 1.82) is 0 Å². The third kappa shape index (κ3) is 3.37. The van der Waals surface area contributed by atoms with Gasteiger partial charge in [-0.15, -0.1) is 0 Å². The molecule has 1 fully saturated rings. The minimum atomic E-state index is -3.72. The molecule has 0 amide bonds. The predicted octanol–water partition coefficient (Wildman–Crippen LogP) is 2.14. The van der Waals surface area contributed by atoms with Crippen LogP contribution in [0.5, 0.6) is 0 Å². The van der Waals surface area contributed by atoms with E-state index in [0.29, 0.717) is 5.92 Å². The first-order valence-electron chi connectivity index (χ1n) is 6.94. The Bertz CT molecular complexity index is 575. The standard InChI is InChI=1S/C14H21FN2O2S/c1-10-4-2-5-11(8-10)17-20(18,19)14-7-3-6-13(15)12(14)9-16/h3,6-7,10-11,17H,2,4-5,8-9,16H2,1H3. The largest absolute Gasteiger partial charge is 0.326 e. The SMILES string of the molecule is CC1CCCC(NS(=O)(=O)c2cccc(F)c2CN)C1. The van der Waals surface area contributed by atoms with E-state index in [1.807, 2.05) is 0 Å². The summed E-state index contributed by atoms with van der Waals surface area (Å²) < 4.78 is 41.2. The number of hydrogen-bond donors (Lipinski definition) is 2. The Morgan fingerprint density at radius 3 is 2.80 bits per heavy atom. The van der Waals surface area contributed by atoms with Gasteiger partial charge in [0.05, 0.1) is 4.90 Å². The smallest absolute Gasteiger partial charge is 0.241 e. The Hall–Kier alpha value is -0.980. The van der Waals surface area contributed by atoms with Crippen molar-refractivity contribution < 1.29 is 12.8 Å². The van der Waals surface area contributed by atoms with Crippen LogP contribution in [0, 0.1) is 11.7 Å². The average Bonchev–Trinajstić information content (AvgIpc) is 2.38. The maximum absolute atomic E-state index is 13.6. The van der Waals surface area contributed by atoms with Gasteiger partial charge in [0.2, 0.25) is 10.0 Å². The van der Waals surface area contributed by atoms with Crippen molar-refractivity contribution in [2.75, 3.05) is 0 Å². The Morgan fingerprint density at radius 1 is 1.40 bits per heavy atom. The van der Waals surface area contributed by atoms with Crippen LogP contribution in [-0.4, -0.2) is 14.5 Å². The minimum Gasteiger partial charge on any atom is -0.326 e. The molecular formula is C14H21FN2O2S. The van der Waals surface area contributed by atoms with Crippen LogP contribution in [-0.2, 0) is 16.6 Å². The Kier molecular flexibility index (Phi) is 4.78. The van der Waals surface area contributed by atoms with E-state index in [-0.39, 0.29) is 23.0 Å². The van der Waals surface area contributed by atoms with Crippen LogP contribution in [0.4, 0.5) is 4.39 Å². The van der Waals surface area contributed by atoms with Crippen molar-refractivity contribution in [2.24, 2.45) is 11.7 Å². The first-order chi connectivity index (χ1) is 9.44. The molecule has 0 aliphatic heterocycles. The molecular weight excluding hydrogens is 279 g/mol. The average molecular weight is 300 g/mol. The highest BCUT2D eigenvalue weighted by Gasteiger charge is 2.26. The lowest BCUT2D eigenvalue weighted by atomic mass is 9.88. The molecule has 2 atom stereocenters. The fourth-order valence-electron chi connectivity index (χ4n) is 2.81. The molecule has 1 saturated carbocycles. The molecule has 0 aromatic heterocycles. The fourth-order valence-corrected chi connectivity index (χ4v) is 4.36. The second kappa shape index (κ2) is 6.20. The third-order valence-corrected chi connectivity index (χ3v) is 5.43. The summed E-state index contributed by atoms with van der Waals surface area (Å²) in [5.41, 5.74) is 5.52. The lowest BCUT2D eigenvalue weighted by Gasteiger charge is -2.27. The van der Waals surface area contributed by atoms with Gasteiger partial charge in [0.25, 0.3) is 0 Å². The van der Waals surface area contributed by atoms with Crippen LogP contribution < -0.4 is 10.5 Å². The Balaban J connectivity index is 2.24. The van der Waals surface area contributed by atoms with E-state index in [4.69, 9.17) is 5.73 Å². The Morgan fingerprint density at radius 2 is 2.15 bits per heavy atom. The van der Waals surface area contributed by atoms with E-state index in [2.05, 4.69) is 11.6 Å². The molecule has 1 aromatic carbocycles. The lowest BCUT2D eigenvalue weighted by molar-refractivity contribution is 0.327. The van der Waals surface area contributed by atoms with Crippen molar-refractivity contribution in [3.63, 3.8) is 0 Å². The lowest BCUT2D eigenvalue weighted by Crippen LogP contribution is -2.38. The summed E-state index contributed by atoms with van der Waals surface area (Å²) in [7, 11) is -3.72. The van der Waals surface area contributed by atoms with Crippen molar-refractivity contribution in [2.45, 2.75) is 50.1 Å². The summed E-state index contributed by atoms with van der Waals surface area (Å²) in [5.74, 6) is -0.0645. The molecule has 6 heteroatoms. The molecule has 0 radical (unpaired) electrons. The van der Waals surface area contributed by atoms with Gasteiger partial charge in [-0.05, 0) is 30.9 Å². The van der Waals surface area contributed by atoms with Gasteiger partial charge in [0.15, 0.2) is 0 Å². The van der Waals surface area contributed by atoms with Crippen molar-refractivity contribution in [3.05, 3.63) is 29.6 Å². The summed E-state index contributed by atoms with van der Waals surface area (Å²) in [6.45, 7) is 1.98. The molecule has 3 N–H and O–H groups in total. The topological polar surface area (TPSA) is 72.2 Å². The maximum atomic E-state index is 13.6. The van der Waals surface area contributed by atoms with Gasteiger partial charge in [0.1, 0.15) is 5.82 Å². The van der Waals surface area contributed by atoms with E-state index in [1.165, 1.54) is 18.2 Å². The number of benzene rings is 1. The number of nitrogens with two attached hydrogens (primary N) is 1. The van der Waals surface area contributed by atoms with E-state index in [9.17, 15) is 12.8 Å². The van der Waals surface area contributed by atoms with Crippen LogP contribution >= 0.6 is 0 Å². The molecule has 0 heterocycles. The van der Waals surface area contributed by atoms with Gasteiger partial charge in [-0.3, -0.25) is 0 Å². The van der Waals surface area contributed by atoms with Crippen LogP contribution in [0.1, 0.15) is 38.2 Å². The predicted molar refractivity (Wildman–Crippen MR) is 76.0 cm³/mol. The molecule has 4 nitrogen and oxygen atoms in total. The molecule has 0 bridgehead atoms. The molecule has 1 aliphatic carbocycles. The number of sulfonamides is 1. The van der Waals surface area contributed by atoms with E-state index < -0.39 is 15.8 Å². The summed E-state index contributed by atoms with van der Waals surface area (Å²) in [6, 6.07) is 3.95. The zero-order chi connectivity index (χ0) is 14.8. The molecule has 1 aliphatic rings. The molecule has 0 spiro atoms. The van der Waals surface area contributed by atoms with Crippen molar-refractivity contribution in [1.82, 2.24) is 4.72 Å². The van der Waals surface area contributed by atoms with Crippen LogP contribution in [0.3, 0.4) is 0 Å². The van der Waals surface area contributed by atoms with Gasteiger partial charge in [-0.1, -0.05) is 25.8 Å². The van der Waals surface area contributed by atoms with Crippen molar-refractivity contribution in [3.8, 4) is 0 Å². The molecule has 1 aromatic rings. The van der Waals surface area contributed by atoms with Gasteiger partial charge >= 0.3 is 0 Å². The highest BCUT2D eigenvalue weighted by molar-refractivity contribution is 7.89. The maximum Gasteiger partial charge on any atom is 0.241 e. The highest BCUT2D eigenvalue weighted by atomic mass is 32.2. The van der Waals surface area contributed by atoms with E-state index in [0.717, 1.165) is 25.7 Å². The summed E-state index contributed by atoms with van der Waals surface area (Å²) in [5, 5.41) is 0. The first kappa shape index (κ1) is 15.4. The molecule has 0 saturated heterocycles. The Labute approximate surface area is 119 Å². The van der Waals surface area contributed by atoms with Gasteiger partial charge < -0.3 is 5.73 Å². The molecule has 2 unspecified atom stereocenters. The van der Waals surface area contributed by atoms with Crippen molar-refractivity contribution >= 4 is 10.0 Å². The fraction of sp³-hybridized carbons (Fsp3) is 0.571. The van der Waals surface area contributed by atoms with Crippen LogP contribution in [0.25, 0.3) is 0 Å². The van der Waals surface area contributed by atoms with Gasteiger partial charge in [-0.2, -0.15) is 0 Å². The van der Waals surface area contributed by atoms with Gasteiger partial charge in [0, 0.05) is 18.2 Å². The number of rotatable bonds is 4. The second-order valence-electron chi connectivity index (χ2n) is 5.51. The highest BCUT2D eigenvalue weighted by Crippen LogP contribution is 2.26. The number of halogens is 1. The van der Waals surface area contributed by atoms with Gasteiger partial charge in [-0.25, -0.2) is 17.5 Å². The van der Waals surface area contributed by atoms with Crippen LogP contribution in [0.15, 0.2) is 23.1 Å². The normalized spacial score (nSPS) is 23.8. The van der Waals surface area contributed by atoms with Crippen LogP contribution in [0.2, 0.25) is 0 Å². The summed E-state index contributed by atoms with van der Waals surface area (Å²) in [6.07, 6.45) is 3.80. The quantitative estimate of drug-likeness (QED) is 0.895. The molecule has 20 heavy (non-hydrogen) atoms. The third-order valence-electron chi connectivity index (χ3n) is 3.83. The first-order valence-corrected chi connectivity index (χ1v) is 8.42. The minimum absolute atomic E-state index is 0.0433. The number of nitrogens with one attached hydrogen (secondary N) is 1. The van der Waals surface area contributed by atoms with E-state index in [1.54, 1.807) is 0 Å². The second-order valence-corrected chi connectivity index (χ2v) is 7.19.